The summed E-state index contributed by atoms with van der Waals surface area (Å²) in [4.78, 5) is 14.7. The molecule has 5 nitrogen and oxygen atoms in total. The first-order chi connectivity index (χ1) is 11.8. The van der Waals surface area contributed by atoms with Crippen LogP contribution in [0.25, 0.3) is 0 Å². The number of nitrogens with zero attached hydrogens (tertiary/aromatic N) is 1. The van der Waals surface area contributed by atoms with Crippen LogP contribution >= 0.6 is 0 Å². The SMILES string of the molecule is O=C(NCCCCN1CCCC1CO)C1COc2ccccc2C1. The number of likely N-dealkylation sites (tertiary alicyclic amines) is 1. The molecule has 3 rings (SSSR count). The zero-order valence-corrected chi connectivity index (χ0v) is 14.2. The third-order valence-electron chi connectivity index (χ3n) is 5.13. The van der Waals surface area contributed by atoms with E-state index in [9.17, 15) is 9.90 Å². The summed E-state index contributed by atoms with van der Waals surface area (Å²) >= 11 is 0. The number of fused-ring (bicyclic) bond motifs is 1. The van der Waals surface area contributed by atoms with E-state index >= 15 is 0 Å². The van der Waals surface area contributed by atoms with Crippen molar-refractivity contribution in [2.24, 2.45) is 5.92 Å². The fraction of sp³-hybridized carbons (Fsp3) is 0.632. The highest BCUT2D eigenvalue weighted by Crippen LogP contribution is 2.26. The van der Waals surface area contributed by atoms with E-state index < -0.39 is 0 Å². The van der Waals surface area contributed by atoms with E-state index in [0.29, 0.717) is 19.2 Å². The maximum Gasteiger partial charge on any atom is 0.226 e. The number of unbranched alkanes of at least 4 members (excludes halogenated alkanes) is 1. The molecule has 24 heavy (non-hydrogen) atoms. The molecule has 2 N–H and O–H groups in total. The van der Waals surface area contributed by atoms with Crippen LogP contribution in [0.15, 0.2) is 24.3 Å². The Morgan fingerprint density at radius 1 is 1.33 bits per heavy atom. The van der Waals surface area contributed by atoms with Crippen LogP contribution in [0.3, 0.4) is 0 Å². The van der Waals surface area contributed by atoms with Gasteiger partial charge in [-0.05, 0) is 56.8 Å². The molecule has 5 heteroatoms. The zero-order chi connectivity index (χ0) is 16.8. The van der Waals surface area contributed by atoms with Crippen molar-refractivity contribution < 1.29 is 14.6 Å². The number of aliphatic hydroxyl groups is 1. The molecule has 132 valence electrons. The summed E-state index contributed by atoms with van der Waals surface area (Å²) in [5.41, 5.74) is 1.12. The Hall–Kier alpha value is -1.59. The number of para-hydroxylation sites is 1. The van der Waals surface area contributed by atoms with Crippen molar-refractivity contribution in [3.05, 3.63) is 29.8 Å². The number of rotatable bonds is 7. The normalized spacial score (nSPS) is 23.5. The van der Waals surface area contributed by atoms with Crippen LogP contribution in [-0.2, 0) is 11.2 Å². The number of aliphatic hydroxyl groups excluding tert-OH is 1. The smallest absolute Gasteiger partial charge is 0.226 e. The Labute approximate surface area is 144 Å². The highest BCUT2D eigenvalue weighted by molar-refractivity contribution is 5.79. The standard InChI is InChI=1S/C19H28N2O3/c22-13-17-7-5-11-21(17)10-4-3-9-20-19(23)16-12-15-6-1-2-8-18(15)24-14-16/h1-2,6,8,16-17,22H,3-5,7,9-14H2,(H,20,23). The number of carbonyl (C=O) groups excluding carboxylic acids is 1. The van der Waals surface area contributed by atoms with Crippen LogP contribution in [0, 0.1) is 5.92 Å². The third kappa shape index (κ3) is 4.28. The molecule has 2 aliphatic rings. The van der Waals surface area contributed by atoms with Gasteiger partial charge in [0.15, 0.2) is 0 Å². The molecule has 0 aromatic heterocycles. The molecular formula is C19H28N2O3. The average molecular weight is 332 g/mol. The van der Waals surface area contributed by atoms with E-state index in [-0.39, 0.29) is 18.4 Å². The summed E-state index contributed by atoms with van der Waals surface area (Å²) in [5.74, 6) is 0.918. The Bertz CT molecular complexity index is 549. The van der Waals surface area contributed by atoms with Gasteiger partial charge in [-0.1, -0.05) is 18.2 Å². The van der Waals surface area contributed by atoms with Gasteiger partial charge in [0.1, 0.15) is 12.4 Å². The van der Waals surface area contributed by atoms with E-state index in [1.807, 2.05) is 24.3 Å². The third-order valence-corrected chi connectivity index (χ3v) is 5.13. The highest BCUT2D eigenvalue weighted by Gasteiger charge is 2.25. The lowest BCUT2D eigenvalue weighted by Gasteiger charge is -2.25. The summed E-state index contributed by atoms with van der Waals surface area (Å²) in [6, 6.07) is 8.28. The van der Waals surface area contributed by atoms with Gasteiger partial charge in [-0.2, -0.15) is 0 Å². The minimum Gasteiger partial charge on any atom is -0.492 e. The largest absolute Gasteiger partial charge is 0.492 e. The van der Waals surface area contributed by atoms with Crippen molar-refractivity contribution in [1.82, 2.24) is 10.2 Å². The van der Waals surface area contributed by atoms with Gasteiger partial charge in [0.2, 0.25) is 5.91 Å². The van der Waals surface area contributed by atoms with Crippen LogP contribution in [0.2, 0.25) is 0 Å². The summed E-state index contributed by atoms with van der Waals surface area (Å²) in [5, 5.41) is 12.4. The molecule has 2 atom stereocenters. The number of carbonyl (C=O) groups is 1. The molecule has 0 saturated carbocycles. The molecule has 1 saturated heterocycles. The lowest BCUT2D eigenvalue weighted by Crippen LogP contribution is -2.38. The van der Waals surface area contributed by atoms with Crippen molar-refractivity contribution in [1.29, 1.82) is 0 Å². The van der Waals surface area contributed by atoms with Crippen molar-refractivity contribution >= 4 is 5.91 Å². The second-order valence-corrected chi connectivity index (χ2v) is 6.83. The van der Waals surface area contributed by atoms with Gasteiger partial charge in [-0.3, -0.25) is 9.69 Å². The molecular weight excluding hydrogens is 304 g/mol. The predicted octanol–water partition coefficient (Wildman–Crippen LogP) is 1.59. The molecule has 1 aromatic rings. The molecule has 2 unspecified atom stereocenters. The molecule has 2 aliphatic heterocycles. The molecule has 1 fully saturated rings. The zero-order valence-electron chi connectivity index (χ0n) is 14.2. The second kappa shape index (κ2) is 8.49. The number of amides is 1. The minimum atomic E-state index is -0.0859. The van der Waals surface area contributed by atoms with E-state index in [4.69, 9.17) is 4.74 Å². The molecule has 0 aliphatic carbocycles. The summed E-state index contributed by atoms with van der Waals surface area (Å²) in [7, 11) is 0. The van der Waals surface area contributed by atoms with Gasteiger partial charge in [0.25, 0.3) is 0 Å². The van der Waals surface area contributed by atoms with Crippen molar-refractivity contribution in [3.8, 4) is 5.75 Å². The van der Waals surface area contributed by atoms with Crippen LogP contribution < -0.4 is 10.1 Å². The van der Waals surface area contributed by atoms with Gasteiger partial charge in [-0.25, -0.2) is 0 Å². The monoisotopic (exact) mass is 332 g/mol. The van der Waals surface area contributed by atoms with Crippen LogP contribution in [-0.4, -0.2) is 54.8 Å². The summed E-state index contributed by atoms with van der Waals surface area (Å²) in [6.07, 6.45) is 5.08. The summed E-state index contributed by atoms with van der Waals surface area (Å²) in [6.45, 7) is 3.56. The molecule has 1 amide bonds. The maximum absolute atomic E-state index is 12.3. The van der Waals surface area contributed by atoms with E-state index in [1.165, 1.54) is 6.42 Å². The first kappa shape index (κ1) is 17.2. The minimum absolute atomic E-state index is 0.0859. The van der Waals surface area contributed by atoms with Crippen LogP contribution in [0.4, 0.5) is 0 Å². The Kier molecular flexibility index (Phi) is 6.10. The molecule has 0 bridgehead atoms. The Balaban J connectivity index is 1.33. The van der Waals surface area contributed by atoms with E-state index in [0.717, 1.165) is 50.1 Å². The van der Waals surface area contributed by atoms with Crippen molar-refractivity contribution in [2.45, 2.75) is 38.1 Å². The topological polar surface area (TPSA) is 61.8 Å². The number of hydrogen-bond acceptors (Lipinski definition) is 4. The fourth-order valence-corrected chi connectivity index (χ4v) is 3.69. The Morgan fingerprint density at radius 2 is 2.21 bits per heavy atom. The molecule has 1 aromatic carbocycles. The van der Waals surface area contributed by atoms with E-state index in [1.54, 1.807) is 0 Å². The lowest BCUT2D eigenvalue weighted by atomic mass is 9.96. The van der Waals surface area contributed by atoms with Gasteiger partial charge in [0, 0.05) is 12.6 Å². The molecule has 2 heterocycles. The molecule has 0 spiro atoms. The maximum atomic E-state index is 12.3. The summed E-state index contributed by atoms with van der Waals surface area (Å²) < 4.78 is 5.69. The van der Waals surface area contributed by atoms with Gasteiger partial charge < -0.3 is 15.2 Å². The van der Waals surface area contributed by atoms with Crippen LogP contribution in [0.5, 0.6) is 5.75 Å². The highest BCUT2D eigenvalue weighted by atomic mass is 16.5. The predicted molar refractivity (Wildman–Crippen MR) is 93.1 cm³/mol. The van der Waals surface area contributed by atoms with Crippen molar-refractivity contribution in [3.63, 3.8) is 0 Å². The van der Waals surface area contributed by atoms with Crippen molar-refractivity contribution in [2.75, 3.05) is 32.8 Å². The van der Waals surface area contributed by atoms with Gasteiger partial charge in [-0.15, -0.1) is 0 Å². The number of benzene rings is 1. The Morgan fingerprint density at radius 3 is 3.08 bits per heavy atom. The van der Waals surface area contributed by atoms with E-state index in [2.05, 4.69) is 10.2 Å². The second-order valence-electron chi connectivity index (χ2n) is 6.83. The lowest BCUT2D eigenvalue weighted by molar-refractivity contribution is -0.126. The molecule has 0 radical (unpaired) electrons. The average Bonchev–Trinajstić information content (AvgIpc) is 3.08. The number of nitrogens with one attached hydrogen (secondary N) is 1. The van der Waals surface area contributed by atoms with Gasteiger partial charge >= 0.3 is 0 Å². The number of ether oxygens (including phenoxy) is 1. The van der Waals surface area contributed by atoms with Crippen LogP contribution in [0.1, 0.15) is 31.2 Å². The quantitative estimate of drug-likeness (QED) is 0.745. The number of hydrogen-bond donors (Lipinski definition) is 2. The first-order valence-corrected chi connectivity index (χ1v) is 9.11. The van der Waals surface area contributed by atoms with Gasteiger partial charge in [0.05, 0.1) is 12.5 Å². The first-order valence-electron chi connectivity index (χ1n) is 9.11. The fourth-order valence-electron chi connectivity index (χ4n) is 3.69.